The number of benzene rings is 2. The largest absolute Gasteiger partial charge is 0.493 e. The molecule has 150 valence electrons. The number of methoxy groups -OCH3 is 2. The van der Waals surface area contributed by atoms with E-state index < -0.39 is 0 Å². The number of nitrogens with zero attached hydrogens (tertiary/aromatic N) is 1. The molecule has 2 aromatic carbocycles. The maximum atomic E-state index is 13.1. The summed E-state index contributed by atoms with van der Waals surface area (Å²) in [5, 5.41) is 3.94. The van der Waals surface area contributed by atoms with Gasteiger partial charge in [0, 0.05) is 23.5 Å². The van der Waals surface area contributed by atoms with E-state index in [0.29, 0.717) is 35.2 Å². The van der Waals surface area contributed by atoms with Crippen LogP contribution >= 0.6 is 0 Å². The van der Waals surface area contributed by atoms with Gasteiger partial charge in [-0.1, -0.05) is 18.2 Å². The van der Waals surface area contributed by atoms with Gasteiger partial charge in [-0.15, -0.1) is 0 Å². The molecule has 6 nitrogen and oxygen atoms in total. The average Bonchev–Trinajstić information content (AvgIpc) is 3.61. The molecule has 6 heteroatoms. The highest BCUT2D eigenvalue weighted by Gasteiger charge is 2.31. The molecule has 0 bridgehead atoms. The number of rotatable bonds is 7. The monoisotopic (exact) mass is 391 g/mol. The van der Waals surface area contributed by atoms with Crippen LogP contribution in [0.5, 0.6) is 11.5 Å². The van der Waals surface area contributed by atoms with Crippen molar-refractivity contribution < 1.29 is 14.3 Å². The van der Waals surface area contributed by atoms with Crippen molar-refractivity contribution in [1.29, 1.82) is 0 Å². The van der Waals surface area contributed by atoms with Gasteiger partial charge in [-0.05, 0) is 49.1 Å². The molecule has 1 unspecified atom stereocenters. The third-order valence-electron chi connectivity index (χ3n) is 5.40. The lowest BCUT2D eigenvalue weighted by atomic mass is 10.0. The molecule has 1 fully saturated rings. The van der Waals surface area contributed by atoms with E-state index in [-0.39, 0.29) is 11.9 Å². The van der Waals surface area contributed by atoms with Crippen LogP contribution in [0.2, 0.25) is 0 Å². The number of carbonyl (C=O) groups excluding carboxylic acids is 1. The molecule has 0 saturated heterocycles. The quantitative estimate of drug-likeness (QED) is 0.645. The van der Waals surface area contributed by atoms with E-state index in [0.717, 1.165) is 29.3 Å². The summed E-state index contributed by atoms with van der Waals surface area (Å²) in [7, 11) is 3.20. The molecule has 4 rings (SSSR count). The average molecular weight is 391 g/mol. The summed E-state index contributed by atoms with van der Waals surface area (Å²) < 4.78 is 10.7. The number of aromatic nitrogens is 1. The number of fused-ring (bicyclic) bond motifs is 1. The first-order valence-electron chi connectivity index (χ1n) is 9.77. The smallest absolute Gasteiger partial charge is 0.252 e. The molecule has 1 aliphatic rings. The topological polar surface area (TPSA) is 86.5 Å². The van der Waals surface area contributed by atoms with Crippen molar-refractivity contribution in [3.8, 4) is 22.8 Å². The summed E-state index contributed by atoms with van der Waals surface area (Å²) in [5.74, 6) is 1.63. The van der Waals surface area contributed by atoms with Crippen molar-refractivity contribution in [2.75, 3.05) is 20.8 Å². The zero-order valence-electron chi connectivity index (χ0n) is 16.6. The van der Waals surface area contributed by atoms with Gasteiger partial charge in [0.25, 0.3) is 5.91 Å². The fraction of sp³-hybridized carbons (Fsp3) is 0.304. The highest BCUT2D eigenvalue weighted by atomic mass is 16.5. The molecule has 1 aliphatic carbocycles. The molecule has 1 aromatic heterocycles. The number of ether oxygens (including phenoxy) is 2. The second-order valence-corrected chi connectivity index (χ2v) is 7.30. The molecular formula is C23H25N3O3. The number of nitrogens with two attached hydrogens (primary N) is 1. The van der Waals surface area contributed by atoms with Crippen LogP contribution < -0.4 is 20.5 Å². The van der Waals surface area contributed by atoms with Gasteiger partial charge in [0.05, 0.1) is 31.0 Å². The van der Waals surface area contributed by atoms with Crippen molar-refractivity contribution in [3.05, 3.63) is 54.1 Å². The third kappa shape index (κ3) is 3.89. The molecule has 3 aromatic rings. The predicted molar refractivity (Wildman–Crippen MR) is 113 cm³/mol. The normalized spacial score (nSPS) is 14.4. The van der Waals surface area contributed by atoms with Crippen molar-refractivity contribution in [2.45, 2.75) is 18.9 Å². The SMILES string of the molecule is COc1ccc(-c2cc(C(=O)NC(CN)C3CC3)c3ccccc3n2)cc1OC. The van der Waals surface area contributed by atoms with E-state index >= 15 is 0 Å². The molecule has 1 amide bonds. The van der Waals surface area contributed by atoms with E-state index in [2.05, 4.69) is 5.32 Å². The van der Waals surface area contributed by atoms with Gasteiger partial charge in [-0.25, -0.2) is 4.98 Å². The van der Waals surface area contributed by atoms with Crippen LogP contribution in [0.4, 0.5) is 0 Å². The molecule has 0 spiro atoms. The Morgan fingerprint density at radius 2 is 1.90 bits per heavy atom. The predicted octanol–water partition coefficient (Wildman–Crippen LogP) is 3.39. The zero-order valence-corrected chi connectivity index (χ0v) is 16.6. The van der Waals surface area contributed by atoms with Crippen LogP contribution in [-0.4, -0.2) is 37.7 Å². The Morgan fingerprint density at radius 1 is 1.14 bits per heavy atom. The Balaban J connectivity index is 1.77. The molecule has 1 saturated carbocycles. The van der Waals surface area contributed by atoms with E-state index in [4.69, 9.17) is 20.2 Å². The fourth-order valence-corrected chi connectivity index (χ4v) is 3.62. The summed E-state index contributed by atoms with van der Waals surface area (Å²) >= 11 is 0. The minimum absolute atomic E-state index is 0.0129. The van der Waals surface area contributed by atoms with Crippen LogP contribution in [0, 0.1) is 5.92 Å². The van der Waals surface area contributed by atoms with Crippen molar-refractivity contribution in [1.82, 2.24) is 10.3 Å². The van der Waals surface area contributed by atoms with E-state index in [9.17, 15) is 4.79 Å². The van der Waals surface area contributed by atoms with E-state index in [1.165, 1.54) is 0 Å². The first kappa shape index (κ1) is 19.2. The Morgan fingerprint density at radius 3 is 2.59 bits per heavy atom. The van der Waals surface area contributed by atoms with Gasteiger partial charge in [-0.3, -0.25) is 4.79 Å². The zero-order chi connectivity index (χ0) is 20.4. The first-order chi connectivity index (χ1) is 14.1. The molecule has 1 atom stereocenters. The number of nitrogens with one attached hydrogen (secondary N) is 1. The Kier molecular flexibility index (Phi) is 5.36. The summed E-state index contributed by atoms with van der Waals surface area (Å²) in [4.78, 5) is 17.9. The van der Waals surface area contributed by atoms with Gasteiger partial charge in [0.1, 0.15) is 0 Å². The van der Waals surface area contributed by atoms with Gasteiger partial charge in [-0.2, -0.15) is 0 Å². The highest BCUT2D eigenvalue weighted by Crippen LogP contribution is 2.34. The molecule has 1 heterocycles. The van der Waals surface area contributed by atoms with Crippen LogP contribution in [0.3, 0.4) is 0 Å². The van der Waals surface area contributed by atoms with Gasteiger partial charge in [0.15, 0.2) is 11.5 Å². The van der Waals surface area contributed by atoms with Crippen LogP contribution in [0.15, 0.2) is 48.5 Å². The van der Waals surface area contributed by atoms with Crippen molar-refractivity contribution in [3.63, 3.8) is 0 Å². The summed E-state index contributed by atoms with van der Waals surface area (Å²) in [6, 6.07) is 15.1. The van der Waals surface area contributed by atoms with Gasteiger partial charge < -0.3 is 20.5 Å². The maximum Gasteiger partial charge on any atom is 0.252 e. The Labute approximate surface area is 170 Å². The molecule has 0 aliphatic heterocycles. The van der Waals surface area contributed by atoms with Gasteiger partial charge in [0.2, 0.25) is 0 Å². The maximum absolute atomic E-state index is 13.1. The minimum atomic E-state index is -0.118. The lowest BCUT2D eigenvalue weighted by Crippen LogP contribution is -2.41. The second kappa shape index (κ2) is 8.09. The number of carbonyl (C=O) groups is 1. The molecule has 0 radical (unpaired) electrons. The van der Waals surface area contributed by atoms with Crippen LogP contribution in [-0.2, 0) is 0 Å². The number of amides is 1. The summed E-state index contributed by atoms with van der Waals surface area (Å²) in [6.45, 7) is 0.446. The highest BCUT2D eigenvalue weighted by molar-refractivity contribution is 6.07. The second-order valence-electron chi connectivity index (χ2n) is 7.30. The van der Waals surface area contributed by atoms with Crippen molar-refractivity contribution >= 4 is 16.8 Å². The van der Waals surface area contributed by atoms with E-state index in [1.807, 2.05) is 48.5 Å². The lowest BCUT2D eigenvalue weighted by molar-refractivity contribution is 0.0935. The summed E-state index contributed by atoms with van der Waals surface area (Å²) in [5.41, 5.74) is 8.79. The standard InChI is InChI=1S/C23H25N3O3/c1-28-21-10-9-15(11-22(21)29-2)19-12-17(16-5-3-4-6-18(16)25-19)23(27)26-20(13-24)14-7-8-14/h3-6,9-12,14,20H,7-8,13,24H2,1-2H3,(H,26,27). The molecule has 3 N–H and O–H groups in total. The molecular weight excluding hydrogens is 366 g/mol. The van der Waals surface area contributed by atoms with Crippen LogP contribution in [0.1, 0.15) is 23.2 Å². The fourth-order valence-electron chi connectivity index (χ4n) is 3.62. The first-order valence-corrected chi connectivity index (χ1v) is 9.77. The minimum Gasteiger partial charge on any atom is -0.493 e. The summed E-state index contributed by atoms with van der Waals surface area (Å²) in [6.07, 6.45) is 2.24. The number of pyridine rings is 1. The molecule has 29 heavy (non-hydrogen) atoms. The number of para-hydroxylation sites is 1. The Hall–Kier alpha value is -3.12. The Bertz CT molecular complexity index is 1050. The van der Waals surface area contributed by atoms with Gasteiger partial charge >= 0.3 is 0 Å². The number of hydrogen-bond donors (Lipinski definition) is 2. The van der Waals surface area contributed by atoms with Crippen LogP contribution in [0.25, 0.3) is 22.2 Å². The van der Waals surface area contributed by atoms with Crippen molar-refractivity contribution in [2.24, 2.45) is 11.7 Å². The van der Waals surface area contributed by atoms with E-state index in [1.54, 1.807) is 14.2 Å². The lowest BCUT2D eigenvalue weighted by Gasteiger charge is -2.17. The number of hydrogen-bond acceptors (Lipinski definition) is 5. The third-order valence-corrected chi connectivity index (χ3v) is 5.40.